The standard InChI is InChI=1S/C19H20FN3O/c20-15-7-5-14(6-8-15)18-17-4-2-1-3-13(17)9-10-23(18)19-22-16(11-21)12-24-19/h1-8,16,18H,9-12,21H2/t16-,18+/m1/s1. The number of rotatable bonds is 2. The highest BCUT2D eigenvalue weighted by Gasteiger charge is 2.34. The number of hydrogen-bond acceptors (Lipinski definition) is 4. The number of benzene rings is 2. The van der Waals surface area contributed by atoms with Crippen molar-refractivity contribution in [3.63, 3.8) is 0 Å². The minimum atomic E-state index is -0.230. The van der Waals surface area contributed by atoms with Gasteiger partial charge in [-0.15, -0.1) is 0 Å². The second-order valence-electron chi connectivity index (χ2n) is 6.21. The van der Waals surface area contributed by atoms with E-state index in [1.165, 1.54) is 23.3 Å². The molecule has 0 unspecified atom stereocenters. The van der Waals surface area contributed by atoms with Gasteiger partial charge in [-0.2, -0.15) is 0 Å². The van der Waals surface area contributed by atoms with Crippen LogP contribution in [0, 0.1) is 5.82 Å². The van der Waals surface area contributed by atoms with Gasteiger partial charge in [0.1, 0.15) is 18.5 Å². The number of amidine groups is 1. The number of aliphatic imine (C=N–C) groups is 1. The van der Waals surface area contributed by atoms with Gasteiger partial charge in [-0.3, -0.25) is 0 Å². The molecular weight excluding hydrogens is 305 g/mol. The Bertz CT molecular complexity index is 759. The molecule has 2 heterocycles. The van der Waals surface area contributed by atoms with Gasteiger partial charge in [-0.1, -0.05) is 36.4 Å². The second-order valence-corrected chi connectivity index (χ2v) is 6.21. The summed E-state index contributed by atoms with van der Waals surface area (Å²) in [5.41, 5.74) is 9.29. The van der Waals surface area contributed by atoms with Crippen molar-refractivity contribution in [2.45, 2.75) is 18.5 Å². The molecule has 0 radical (unpaired) electrons. The molecule has 2 aromatic rings. The molecule has 5 heteroatoms. The van der Waals surface area contributed by atoms with E-state index < -0.39 is 0 Å². The van der Waals surface area contributed by atoms with Crippen LogP contribution in [0.3, 0.4) is 0 Å². The van der Waals surface area contributed by atoms with Crippen molar-refractivity contribution in [3.05, 3.63) is 71.0 Å². The van der Waals surface area contributed by atoms with Crippen LogP contribution in [0.1, 0.15) is 22.7 Å². The first kappa shape index (κ1) is 15.1. The molecule has 0 bridgehead atoms. The molecule has 0 spiro atoms. The van der Waals surface area contributed by atoms with Crippen molar-refractivity contribution in [1.29, 1.82) is 0 Å². The van der Waals surface area contributed by atoms with E-state index in [2.05, 4.69) is 28.1 Å². The van der Waals surface area contributed by atoms with Gasteiger partial charge in [-0.05, 0) is 35.2 Å². The average molecular weight is 325 g/mol. The quantitative estimate of drug-likeness (QED) is 0.923. The first-order valence-electron chi connectivity index (χ1n) is 8.27. The molecule has 0 fully saturated rings. The molecule has 0 aliphatic carbocycles. The van der Waals surface area contributed by atoms with Crippen LogP contribution in [-0.2, 0) is 11.2 Å². The van der Waals surface area contributed by atoms with Crippen molar-refractivity contribution < 1.29 is 9.13 Å². The Morgan fingerprint density at radius 2 is 1.96 bits per heavy atom. The third-order valence-corrected chi connectivity index (χ3v) is 4.68. The van der Waals surface area contributed by atoms with Crippen LogP contribution >= 0.6 is 0 Å². The zero-order chi connectivity index (χ0) is 16.5. The van der Waals surface area contributed by atoms with Gasteiger partial charge in [0.2, 0.25) is 0 Å². The summed E-state index contributed by atoms with van der Waals surface area (Å²) in [4.78, 5) is 6.79. The Kier molecular flexibility index (Phi) is 3.94. The van der Waals surface area contributed by atoms with Crippen molar-refractivity contribution in [1.82, 2.24) is 4.90 Å². The van der Waals surface area contributed by atoms with E-state index in [0.29, 0.717) is 19.2 Å². The highest BCUT2D eigenvalue weighted by molar-refractivity contribution is 5.77. The zero-order valence-corrected chi connectivity index (χ0v) is 13.4. The van der Waals surface area contributed by atoms with Crippen LogP contribution < -0.4 is 5.73 Å². The van der Waals surface area contributed by atoms with Crippen molar-refractivity contribution in [3.8, 4) is 0 Å². The highest BCUT2D eigenvalue weighted by Crippen LogP contribution is 2.36. The smallest absolute Gasteiger partial charge is 0.288 e. The molecule has 2 atom stereocenters. The van der Waals surface area contributed by atoms with Gasteiger partial charge in [0.05, 0.1) is 6.04 Å². The first-order chi connectivity index (χ1) is 11.8. The van der Waals surface area contributed by atoms with Gasteiger partial charge in [0, 0.05) is 13.1 Å². The number of nitrogens with zero attached hydrogens (tertiary/aromatic N) is 2. The number of nitrogens with two attached hydrogens (primary N) is 1. The van der Waals surface area contributed by atoms with Gasteiger partial charge in [0.25, 0.3) is 6.02 Å². The van der Waals surface area contributed by atoms with E-state index in [0.717, 1.165) is 18.5 Å². The Hall–Kier alpha value is -2.40. The molecular formula is C19H20FN3O. The fourth-order valence-corrected chi connectivity index (χ4v) is 3.46. The Morgan fingerprint density at radius 3 is 2.71 bits per heavy atom. The third-order valence-electron chi connectivity index (χ3n) is 4.68. The molecule has 2 N–H and O–H groups in total. The normalized spacial score (nSPS) is 22.8. The minimum absolute atomic E-state index is 0.0195. The predicted octanol–water partition coefficient (Wildman–Crippen LogP) is 2.49. The van der Waals surface area contributed by atoms with Crippen molar-refractivity contribution in [2.75, 3.05) is 19.7 Å². The lowest BCUT2D eigenvalue weighted by Crippen LogP contribution is -2.40. The molecule has 0 aromatic heterocycles. The SMILES string of the molecule is NC[C@@H]1COC(N2CCc3ccccc3[C@@H]2c2ccc(F)cc2)=N1. The zero-order valence-electron chi connectivity index (χ0n) is 13.4. The summed E-state index contributed by atoms with van der Waals surface area (Å²) in [6.45, 7) is 1.82. The molecule has 0 saturated carbocycles. The molecule has 0 amide bonds. The van der Waals surface area contributed by atoms with Gasteiger partial charge < -0.3 is 15.4 Å². The molecule has 124 valence electrons. The van der Waals surface area contributed by atoms with Crippen LogP contribution in [0.15, 0.2) is 53.5 Å². The van der Waals surface area contributed by atoms with Crippen LogP contribution in [0.4, 0.5) is 4.39 Å². The summed E-state index contributed by atoms with van der Waals surface area (Å²) in [6, 6.07) is 15.7. The van der Waals surface area contributed by atoms with E-state index in [1.807, 2.05) is 18.2 Å². The Labute approximate surface area is 140 Å². The fourth-order valence-electron chi connectivity index (χ4n) is 3.46. The lowest BCUT2D eigenvalue weighted by molar-refractivity contribution is 0.224. The van der Waals surface area contributed by atoms with E-state index in [1.54, 1.807) is 0 Å². The number of ether oxygens (including phenoxy) is 1. The summed E-state index contributed by atoms with van der Waals surface area (Å²) >= 11 is 0. The monoisotopic (exact) mass is 325 g/mol. The van der Waals surface area contributed by atoms with Crippen LogP contribution in [0.2, 0.25) is 0 Å². The maximum atomic E-state index is 13.4. The topological polar surface area (TPSA) is 50.9 Å². The van der Waals surface area contributed by atoms with E-state index in [-0.39, 0.29) is 17.9 Å². The predicted molar refractivity (Wildman–Crippen MR) is 91.3 cm³/mol. The lowest BCUT2D eigenvalue weighted by Gasteiger charge is -2.38. The third kappa shape index (κ3) is 2.65. The molecule has 24 heavy (non-hydrogen) atoms. The van der Waals surface area contributed by atoms with E-state index in [4.69, 9.17) is 10.5 Å². The highest BCUT2D eigenvalue weighted by atomic mass is 19.1. The second kappa shape index (κ2) is 6.24. The van der Waals surface area contributed by atoms with Gasteiger partial charge in [0.15, 0.2) is 0 Å². The Morgan fingerprint density at radius 1 is 1.17 bits per heavy atom. The lowest BCUT2D eigenvalue weighted by atomic mass is 9.88. The molecule has 4 nitrogen and oxygen atoms in total. The fraction of sp³-hybridized carbons (Fsp3) is 0.316. The Balaban J connectivity index is 1.77. The molecule has 4 rings (SSSR count). The maximum absolute atomic E-state index is 13.4. The van der Waals surface area contributed by atoms with Crippen molar-refractivity contribution >= 4 is 6.02 Å². The summed E-state index contributed by atoms with van der Waals surface area (Å²) in [5.74, 6) is -0.230. The largest absolute Gasteiger partial charge is 0.463 e. The number of halogens is 1. The molecule has 2 aromatic carbocycles. The van der Waals surface area contributed by atoms with Crippen LogP contribution in [0.25, 0.3) is 0 Å². The van der Waals surface area contributed by atoms with E-state index in [9.17, 15) is 4.39 Å². The molecule has 0 saturated heterocycles. The van der Waals surface area contributed by atoms with Gasteiger partial charge >= 0.3 is 0 Å². The van der Waals surface area contributed by atoms with Crippen LogP contribution in [0.5, 0.6) is 0 Å². The summed E-state index contributed by atoms with van der Waals surface area (Å²) in [7, 11) is 0. The summed E-state index contributed by atoms with van der Waals surface area (Å²) in [5, 5.41) is 0. The van der Waals surface area contributed by atoms with E-state index >= 15 is 0 Å². The van der Waals surface area contributed by atoms with Crippen LogP contribution in [-0.4, -0.2) is 36.7 Å². The average Bonchev–Trinajstić information content (AvgIpc) is 3.10. The molecule has 2 aliphatic heterocycles. The number of fused-ring (bicyclic) bond motifs is 1. The van der Waals surface area contributed by atoms with Gasteiger partial charge in [-0.25, -0.2) is 9.38 Å². The first-order valence-corrected chi connectivity index (χ1v) is 8.27. The molecule has 2 aliphatic rings. The number of hydrogen-bond donors (Lipinski definition) is 1. The minimum Gasteiger partial charge on any atom is -0.463 e. The van der Waals surface area contributed by atoms with Crippen molar-refractivity contribution in [2.24, 2.45) is 10.7 Å². The summed E-state index contributed by atoms with van der Waals surface area (Å²) < 4.78 is 19.2. The maximum Gasteiger partial charge on any atom is 0.288 e. The summed E-state index contributed by atoms with van der Waals surface area (Å²) in [6.07, 6.45) is 0.934.